The Hall–Kier alpha value is -3.16. The number of halogens is 1. The van der Waals surface area contributed by atoms with Crippen molar-refractivity contribution in [2.75, 3.05) is 9.96 Å². The van der Waals surface area contributed by atoms with Crippen LogP contribution in [0.2, 0.25) is 0 Å². The summed E-state index contributed by atoms with van der Waals surface area (Å²) in [5.41, 5.74) is 3.67. The number of phenolic OH excluding ortho intramolecular Hbond substituents is 1. The summed E-state index contributed by atoms with van der Waals surface area (Å²) in [7, 11) is 0. The quantitative estimate of drug-likeness (QED) is 0.530. The summed E-state index contributed by atoms with van der Waals surface area (Å²) in [4.78, 5) is 34.4. The molecule has 3 atom stereocenters. The molecule has 3 aromatic rings. The highest BCUT2D eigenvalue weighted by Gasteiger charge is 2.60. The largest absolute Gasteiger partial charge is 0.508 e. The second-order valence-electron chi connectivity index (χ2n) is 8.16. The Kier molecular flexibility index (Phi) is 5.03. The zero-order valence-corrected chi connectivity index (χ0v) is 19.1. The van der Waals surface area contributed by atoms with Gasteiger partial charge in [0.1, 0.15) is 11.7 Å². The van der Waals surface area contributed by atoms with E-state index in [9.17, 15) is 14.7 Å². The van der Waals surface area contributed by atoms with Crippen LogP contribution < -0.4 is 9.96 Å². The molecule has 1 N–H and O–H groups in total. The fraction of sp³-hybridized carbons (Fsp3) is 0.200. The number of carbonyl (C=O) groups excluding carboxylic acids is 2. The standard InChI is InChI=1S/C25H21BrN2O4/c1-14-6-5-8-17(12-14)27-24(30)21-22(18-13-16(26)10-11-20(18)29)28(32-23(21)25(27)31)19-9-4-3-7-15(19)2/h3-13,21-23,29H,1-2H3. The number of phenols is 1. The molecule has 2 heterocycles. The van der Waals surface area contributed by atoms with E-state index >= 15 is 0 Å². The Morgan fingerprint density at radius 1 is 0.938 bits per heavy atom. The number of hydroxylamine groups is 1. The van der Waals surface area contributed by atoms with Crippen LogP contribution >= 0.6 is 15.9 Å². The molecule has 0 bridgehead atoms. The van der Waals surface area contributed by atoms with Crippen LogP contribution in [0.15, 0.2) is 71.2 Å². The molecule has 0 radical (unpaired) electrons. The maximum atomic E-state index is 13.7. The predicted molar refractivity (Wildman–Crippen MR) is 124 cm³/mol. The van der Waals surface area contributed by atoms with E-state index in [1.807, 2.05) is 56.3 Å². The number of para-hydroxylation sites is 1. The third-order valence-electron chi connectivity index (χ3n) is 6.04. The van der Waals surface area contributed by atoms with E-state index in [-0.39, 0.29) is 11.7 Å². The molecule has 7 heteroatoms. The van der Waals surface area contributed by atoms with Crippen LogP contribution in [0.25, 0.3) is 0 Å². The number of benzene rings is 3. The van der Waals surface area contributed by atoms with E-state index in [2.05, 4.69) is 15.9 Å². The van der Waals surface area contributed by atoms with Crippen molar-refractivity contribution in [1.29, 1.82) is 0 Å². The Bertz CT molecular complexity index is 1240. The van der Waals surface area contributed by atoms with Crippen molar-refractivity contribution in [3.8, 4) is 5.75 Å². The summed E-state index contributed by atoms with van der Waals surface area (Å²) in [5, 5.41) is 12.3. The number of anilines is 2. The van der Waals surface area contributed by atoms with E-state index in [1.54, 1.807) is 29.3 Å². The van der Waals surface area contributed by atoms with Gasteiger partial charge < -0.3 is 5.11 Å². The molecular formula is C25H21BrN2O4. The SMILES string of the molecule is Cc1cccc(N2C(=O)C3ON(c4ccccc4C)C(c4cc(Br)ccc4O)C3C2=O)c1. The summed E-state index contributed by atoms with van der Waals surface area (Å²) < 4.78 is 0.755. The molecule has 162 valence electrons. The van der Waals surface area contributed by atoms with Gasteiger partial charge in [-0.3, -0.25) is 14.4 Å². The Morgan fingerprint density at radius 3 is 2.47 bits per heavy atom. The van der Waals surface area contributed by atoms with Gasteiger partial charge in [0, 0.05) is 10.0 Å². The van der Waals surface area contributed by atoms with Crippen molar-refractivity contribution in [3.63, 3.8) is 0 Å². The molecule has 3 unspecified atom stereocenters. The minimum absolute atomic E-state index is 0.0373. The molecule has 0 saturated carbocycles. The van der Waals surface area contributed by atoms with Crippen molar-refractivity contribution in [3.05, 3.63) is 87.9 Å². The van der Waals surface area contributed by atoms with Crippen LogP contribution in [0.5, 0.6) is 5.75 Å². The van der Waals surface area contributed by atoms with Crippen molar-refractivity contribution in [2.45, 2.75) is 26.0 Å². The fourth-order valence-corrected chi connectivity index (χ4v) is 4.91. The van der Waals surface area contributed by atoms with E-state index in [0.29, 0.717) is 11.3 Å². The first-order chi connectivity index (χ1) is 15.4. The van der Waals surface area contributed by atoms with E-state index < -0.39 is 24.0 Å². The average molecular weight is 493 g/mol. The molecule has 2 aliphatic heterocycles. The van der Waals surface area contributed by atoms with Gasteiger partial charge in [-0.05, 0) is 61.4 Å². The second kappa shape index (κ2) is 7.76. The zero-order valence-electron chi connectivity index (χ0n) is 17.5. The molecule has 3 aromatic carbocycles. The summed E-state index contributed by atoms with van der Waals surface area (Å²) >= 11 is 3.46. The first kappa shape index (κ1) is 20.7. The number of fused-ring (bicyclic) bond motifs is 1. The van der Waals surface area contributed by atoms with Gasteiger partial charge in [0.05, 0.1) is 17.4 Å². The first-order valence-corrected chi connectivity index (χ1v) is 11.1. The number of hydrogen-bond donors (Lipinski definition) is 1. The fourth-order valence-electron chi connectivity index (χ4n) is 4.53. The van der Waals surface area contributed by atoms with Gasteiger partial charge in [0.25, 0.3) is 5.91 Å². The van der Waals surface area contributed by atoms with Crippen LogP contribution in [0.1, 0.15) is 22.7 Å². The van der Waals surface area contributed by atoms with Gasteiger partial charge in [0.2, 0.25) is 5.91 Å². The number of aryl methyl sites for hydroxylation is 2. The normalized spacial score (nSPS) is 22.5. The molecule has 0 spiro atoms. The van der Waals surface area contributed by atoms with Gasteiger partial charge in [-0.25, -0.2) is 9.96 Å². The van der Waals surface area contributed by atoms with Crippen molar-refractivity contribution >= 4 is 39.1 Å². The van der Waals surface area contributed by atoms with Crippen LogP contribution in [-0.4, -0.2) is 23.0 Å². The number of aromatic hydroxyl groups is 1. The van der Waals surface area contributed by atoms with Crippen LogP contribution in [-0.2, 0) is 14.4 Å². The summed E-state index contributed by atoms with van der Waals surface area (Å²) in [6, 6.07) is 19.3. The second-order valence-corrected chi connectivity index (χ2v) is 9.08. The topological polar surface area (TPSA) is 70.1 Å². The molecule has 2 aliphatic rings. The number of carbonyl (C=O) groups is 2. The van der Waals surface area contributed by atoms with E-state index in [0.717, 1.165) is 21.3 Å². The Morgan fingerprint density at radius 2 is 1.72 bits per heavy atom. The highest BCUT2D eigenvalue weighted by Crippen LogP contribution is 2.50. The predicted octanol–water partition coefficient (Wildman–Crippen LogP) is 4.82. The lowest BCUT2D eigenvalue weighted by atomic mass is 9.90. The lowest BCUT2D eigenvalue weighted by molar-refractivity contribution is -0.126. The minimum atomic E-state index is -0.981. The van der Waals surface area contributed by atoms with Crippen LogP contribution in [0.4, 0.5) is 11.4 Å². The molecule has 2 saturated heterocycles. The molecule has 6 nitrogen and oxygen atoms in total. The van der Waals surface area contributed by atoms with Gasteiger partial charge in [-0.1, -0.05) is 46.3 Å². The molecule has 5 rings (SSSR count). The number of nitrogens with zero attached hydrogens (tertiary/aromatic N) is 2. The van der Waals surface area contributed by atoms with Crippen LogP contribution in [0, 0.1) is 19.8 Å². The van der Waals surface area contributed by atoms with Crippen molar-refractivity contribution < 1.29 is 19.5 Å². The molecular weight excluding hydrogens is 472 g/mol. The third-order valence-corrected chi connectivity index (χ3v) is 6.53. The molecule has 2 amide bonds. The summed E-state index contributed by atoms with van der Waals surface area (Å²) in [6.45, 7) is 3.85. The smallest absolute Gasteiger partial charge is 0.266 e. The highest BCUT2D eigenvalue weighted by molar-refractivity contribution is 9.10. The van der Waals surface area contributed by atoms with Crippen molar-refractivity contribution in [2.24, 2.45) is 5.92 Å². The number of amides is 2. The molecule has 32 heavy (non-hydrogen) atoms. The van der Waals surface area contributed by atoms with Gasteiger partial charge >= 0.3 is 0 Å². The average Bonchev–Trinajstić information content (AvgIpc) is 3.26. The third kappa shape index (κ3) is 3.20. The number of rotatable bonds is 3. The maximum Gasteiger partial charge on any atom is 0.266 e. The lowest BCUT2D eigenvalue weighted by Gasteiger charge is -2.30. The molecule has 0 aliphatic carbocycles. The molecule has 0 aromatic heterocycles. The van der Waals surface area contributed by atoms with Gasteiger partial charge in [-0.2, -0.15) is 0 Å². The monoisotopic (exact) mass is 492 g/mol. The first-order valence-electron chi connectivity index (χ1n) is 10.3. The zero-order chi connectivity index (χ0) is 22.6. The van der Waals surface area contributed by atoms with E-state index in [4.69, 9.17) is 4.84 Å². The number of imide groups is 1. The number of hydrogen-bond acceptors (Lipinski definition) is 5. The minimum Gasteiger partial charge on any atom is -0.508 e. The Labute approximate surface area is 194 Å². The highest BCUT2D eigenvalue weighted by atomic mass is 79.9. The van der Waals surface area contributed by atoms with Gasteiger partial charge in [0.15, 0.2) is 6.10 Å². The lowest BCUT2D eigenvalue weighted by Crippen LogP contribution is -2.37. The summed E-state index contributed by atoms with van der Waals surface area (Å²) in [6.07, 6.45) is -0.981. The summed E-state index contributed by atoms with van der Waals surface area (Å²) in [5.74, 6) is -1.51. The Balaban J connectivity index is 1.65. The van der Waals surface area contributed by atoms with Crippen molar-refractivity contribution in [1.82, 2.24) is 0 Å². The van der Waals surface area contributed by atoms with E-state index in [1.165, 1.54) is 4.90 Å². The maximum absolute atomic E-state index is 13.7. The molecule has 2 fully saturated rings. The van der Waals surface area contributed by atoms with Crippen LogP contribution in [0.3, 0.4) is 0 Å². The van der Waals surface area contributed by atoms with Gasteiger partial charge in [-0.15, -0.1) is 0 Å².